The Morgan fingerprint density at radius 3 is 2.61 bits per heavy atom. The number of fused-ring (bicyclic) bond motifs is 1. The number of hydrogen-bond acceptors (Lipinski definition) is 6. The van der Waals surface area contributed by atoms with E-state index in [1.165, 1.54) is 0 Å². The lowest BCUT2D eigenvalue weighted by Gasteiger charge is -2.10. The maximum Gasteiger partial charge on any atom is 0.422 e. The summed E-state index contributed by atoms with van der Waals surface area (Å²) in [6.07, 6.45) is -4.46. The van der Waals surface area contributed by atoms with E-state index in [2.05, 4.69) is 4.74 Å². The molecule has 1 heterocycles. The Morgan fingerprint density at radius 2 is 2.09 bits per heavy atom. The predicted molar refractivity (Wildman–Crippen MR) is 79.1 cm³/mol. The molecule has 0 radical (unpaired) electrons. The van der Waals surface area contributed by atoms with Crippen molar-refractivity contribution < 1.29 is 27.6 Å². The van der Waals surface area contributed by atoms with Gasteiger partial charge in [-0.25, -0.2) is 0 Å². The number of hydrogen-bond donors (Lipinski definition) is 1. The van der Waals surface area contributed by atoms with Gasteiger partial charge in [-0.15, -0.1) is 11.3 Å². The summed E-state index contributed by atoms with van der Waals surface area (Å²) in [5, 5.41) is 11.0. The van der Waals surface area contributed by atoms with Gasteiger partial charge in [-0.2, -0.15) is 13.2 Å². The summed E-state index contributed by atoms with van der Waals surface area (Å²) >= 11 is 0.895. The quantitative estimate of drug-likeness (QED) is 0.502. The first-order valence-electron chi connectivity index (χ1n) is 6.37. The molecule has 0 aliphatic heterocycles. The van der Waals surface area contributed by atoms with E-state index in [9.17, 15) is 28.1 Å². The minimum atomic E-state index is -4.61. The molecular formula is C13H11F3N2O4S. The van der Waals surface area contributed by atoms with Gasteiger partial charge in [0.2, 0.25) is 0 Å². The molecule has 0 unspecified atom stereocenters. The third-order valence-electron chi connectivity index (χ3n) is 2.95. The molecule has 0 spiro atoms. The molecule has 10 heteroatoms. The molecule has 2 aromatic rings. The summed E-state index contributed by atoms with van der Waals surface area (Å²) in [5.74, 6) is -0.663. The molecule has 1 aromatic carbocycles. The van der Waals surface area contributed by atoms with E-state index in [1.807, 2.05) is 0 Å². The van der Waals surface area contributed by atoms with Crippen molar-refractivity contribution in [3.05, 3.63) is 27.1 Å². The van der Waals surface area contributed by atoms with Crippen molar-refractivity contribution in [2.45, 2.75) is 19.5 Å². The van der Waals surface area contributed by atoms with Gasteiger partial charge in [0, 0.05) is 17.2 Å². The molecule has 0 saturated heterocycles. The third-order valence-corrected chi connectivity index (χ3v) is 4.15. The highest BCUT2D eigenvalue weighted by molar-refractivity contribution is 7.21. The number of nitro benzene ring substituents is 1. The Labute approximate surface area is 131 Å². The number of nitrogens with zero attached hydrogens (tertiary/aromatic N) is 1. The Hall–Kier alpha value is -2.36. The summed E-state index contributed by atoms with van der Waals surface area (Å²) in [7, 11) is 0. The lowest BCUT2D eigenvalue weighted by molar-refractivity contribution is -0.384. The maximum absolute atomic E-state index is 12.3. The van der Waals surface area contributed by atoms with E-state index >= 15 is 0 Å². The van der Waals surface area contributed by atoms with Gasteiger partial charge < -0.3 is 10.5 Å². The van der Waals surface area contributed by atoms with Crippen molar-refractivity contribution in [1.29, 1.82) is 0 Å². The van der Waals surface area contributed by atoms with Gasteiger partial charge in [-0.1, -0.05) is 6.92 Å². The second kappa shape index (κ2) is 6.03. The van der Waals surface area contributed by atoms with Gasteiger partial charge in [0.05, 0.1) is 26.9 Å². The molecule has 1 aromatic heterocycles. The first-order chi connectivity index (χ1) is 10.6. The summed E-state index contributed by atoms with van der Waals surface area (Å²) in [5.41, 5.74) is 5.38. The highest BCUT2D eigenvalue weighted by Crippen LogP contribution is 2.43. The zero-order valence-electron chi connectivity index (χ0n) is 11.8. The molecule has 0 saturated carbocycles. The summed E-state index contributed by atoms with van der Waals surface area (Å²) in [4.78, 5) is 22.1. The third kappa shape index (κ3) is 3.52. The largest absolute Gasteiger partial charge is 0.483 e. The molecule has 6 nitrogen and oxygen atoms in total. The van der Waals surface area contributed by atoms with Crippen LogP contribution in [0, 0.1) is 10.1 Å². The van der Waals surface area contributed by atoms with Crippen LogP contribution >= 0.6 is 11.3 Å². The lowest BCUT2D eigenvalue weighted by atomic mass is 10.1. The molecule has 2 rings (SSSR count). The van der Waals surface area contributed by atoms with E-state index < -0.39 is 23.4 Å². The predicted octanol–water partition coefficient (Wildman–Crippen LogP) is 3.93. The monoisotopic (exact) mass is 348 g/mol. The molecule has 0 bridgehead atoms. The number of carbonyl (C=O) groups is 1. The number of anilines is 1. The fourth-order valence-corrected chi connectivity index (χ4v) is 3.13. The fraction of sp³-hybridized carbons (Fsp3) is 0.308. The van der Waals surface area contributed by atoms with Crippen LogP contribution in [0.5, 0.6) is 5.75 Å². The number of rotatable bonds is 5. The van der Waals surface area contributed by atoms with Crippen LogP contribution in [0.2, 0.25) is 0 Å². The molecule has 2 N–H and O–H groups in total. The molecule has 0 aliphatic rings. The van der Waals surface area contributed by atoms with Crippen LogP contribution in [0.3, 0.4) is 0 Å². The Kier molecular flexibility index (Phi) is 4.46. The smallest absolute Gasteiger partial charge is 0.422 e. The average Bonchev–Trinajstić information content (AvgIpc) is 2.80. The van der Waals surface area contributed by atoms with E-state index in [0.717, 1.165) is 23.5 Å². The average molecular weight is 348 g/mol. The van der Waals surface area contributed by atoms with Crippen LogP contribution in [-0.2, 0) is 0 Å². The second-order valence-electron chi connectivity index (χ2n) is 4.60. The Morgan fingerprint density at radius 1 is 1.43 bits per heavy atom. The van der Waals surface area contributed by atoms with E-state index in [-0.39, 0.29) is 38.6 Å². The highest BCUT2D eigenvalue weighted by atomic mass is 32.1. The van der Waals surface area contributed by atoms with Gasteiger partial charge in [0.1, 0.15) is 5.75 Å². The number of nitrogens with two attached hydrogens (primary N) is 1. The van der Waals surface area contributed by atoms with Gasteiger partial charge in [-0.05, 0) is 0 Å². The zero-order chi connectivity index (χ0) is 17.4. The van der Waals surface area contributed by atoms with Crippen molar-refractivity contribution in [2.75, 3.05) is 12.3 Å². The Balaban J connectivity index is 2.63. The lowest BCUT2D eigenvalue weighted by Crippen LogP contribution is -2.19. The van der Waals surface area contributed by atoms with E-state index in [0.29, 0.717) is 0 Å². The van der Waals surface area contributed by atoms with Crippen LogP contribution < -0.4 is 10.5 Å². The van der Waals surface area contributed by atoms with Crippen molar-refractivity contribution in [3.63, 3.8) is 0 Å². The summed E-state index contributed by atoms with van der Waals surface area (Å²) in [6.45, 7) is -0.00865. The Bertz CT molecular complexity index is 786. The van der Waals surface area contributed by atoms with Gasteiger partial charge in [-0.3, -0.25) is 14.9 Å². The fourth-order valence-electron chi connectivity index (χ4n) is 1.95. The van der Waals surface area contributed by atoms with Gasteiger partial charge >= 0.3 is 6.18 Å². The standard InChI is InChI=1S/C13H11F3N2O4S/c1-2-7(19)12-11(17)10-8(22-5-13(14,15)16)3-6(18(20)21)4-9(10)23-12/h3-4H,2,5,17H2,1H3. The second-order valence-corrected chi connectivity index (χ2v) is 5.65. The number of Topliss-reactive ketones (excluding diaryl/α,β-unsaturated/α-hetero) is 1. The van der Waals surface area contributed by atoms with Crippen molar-refractivity contribution in [2.24, 2.45) is 0 Å². The molecule has 23 heavy (non-hydrogen) atoms. The van der Waals surface area contributed by atoms with Crippen molar-refractivity contribution in [3.8, 4) is 5.75 Å². The van der Waals surface area contributed by atoms with Crippen LogP contribution in [0.15, 0.2) is 12.1 Å². The normalized spacial score (nSPS) is 11.7. The van der Waals surface area contributed by atoms with Crippen LogP contribution in [0.25, 0.3) is 10.1 Å². The number of halogens is 3. The number of ether oxygens (including phenoxy) is 1. The van der Waals surface area contributed by atoms with Crippen LogP contribution in [-0.4, -0.2) is 23.5 Å². The summed E-state index contributed by atoms with van der Waals surface area (Å²) in [6, 6.07) is 2.03. The van der Waals surface area contributed by atoms with Crippen molar-refractivity contribution >= 4 is 38.6 Å². The molecular weight excluding hydrogens is 337 g/mol. The molecule has 0 amide bonds. The maximum atomic E-state index is 12.3. The SMILES string of the molecule is CCC(=O)c1sc2cc([N+](=O)[O-])cc(OCC(F)(F)F)c2c1N. The molecule has 0 aliphatic carbocycles. The number of benzene rings is 1. The van der Waals surface area contributed by atoms with Crippen LogP contribution in [0.1, 0.15) is 23.0 Å². The molecule has 0 atom stereocenters. The number of non-ortho nitro benzene ring substituents is 1. The van der Waals surface area contributed by atoms with Crippen LogP contribution in [0.4, 0.5) is 24.5 Å². The number of nitrogen functional groups attached to an aromatic ring is 1. The first-order valence-corrected chi connectivity index (χ1v) is 7.18. The number of ketones is 1. The first kappa shape index (κ1) is 17.0. The zero-order valence-corrected chi connectivity index (χ0v) is 12.6. The number of nitro groups is 1. The topological polar surface area (TPSA) is 95.5 Å². The van der Waals surface area contributed by atoms with Gasteiger partial charge in [0.25, 0.3) is 5.69 Å². The molecule has 124 valence electrons. The van der Waals surface area contributed by atoms with Crippen molar-refractivity contribution in [1.82, 2.24) is 0 Å². The number of carbonyl (C=O) groups excluding carboxylic acids is 1. The van der Waals surface area contributed by atoms with E-state index in [4.69, 9.17) is 5.73 Å². The molecule has 0 fully saturated rings. The van der Waals surface area contributed by atoms with E-state index in [1.54, 1.807) is 6.92 Å². The minimum absolute atomic E-state index is 0.0241. The highest BCUT2D eigenvalue weighted by Gasteiger charge is 2.30. The minimum Gasteiger partial charge on any atom is -0.483 e. The van der Waals surface area contributed by atoms with Gasteiger partial charge in [0.15, 0.2) is 12.4 Å². The number of alkyl halides is 3. The number of thiophene rings is 1. The summed E-state index contributed by atoms with van der Waals surface area (Å²) < 4.78 is 41.9.